The topological polar surface area (TPSA) is 46.3 Å². The molecule has 1 atom stereocenters. The van der Waals surface area contributed by atoms with Gasteiger partial charge in [0.15, 0.2) is 0 Å². The highest BCUT2D eigenvalue weighted by atomic mass is 16.2. The number of likely N-dealkylation sites (tertiary alicyclic amines) is 1. The predicted molar refractivity (Wildman–Crippen MR) is 88.5 cm³/mol. The maximum Gasteiger partial charge on any atom is 0.234 e. The van der Waals surface area contributed by atoms with Crippen molar-refractivity contribution >= 4 is 5.91 Å². The van der Waals surface area contributed by atoms with Crippen LogP contribution in [0.1, 0.15) is 29.9 Å². The zero-order valence-corrected chi connectivity index (χ0v) is 12.7. The van der Waals surface area contributed by atoms with Crippen molar-refractivity contribution in [2.24, 2.45) is 5.73 Å². The fourth-order valence-corrected chi connectivity index (χ4v) is 3.16. The van der Waals surface area contributed by atoms with E-state index in [9.17, 15) is 4.79 Å². The van der Waals surface area contributed by atoms with Gasteiger partial charge >= 0.3 is 0 Å². The Morgan fingerprint density at radius 3 is 2.05 bits per heavy atom. The van der Waals surface area contributed by atoms with E-state index in [0.717, 1.165) is 30.5 Å². The first-order valence-electron chi connectivity index (χ1n) is 7.90. The van der Waals surface area contributed by atoms with Gasteiger partial charge < -0.3 is 10.6 Å². The Bertz CT molecular complexity index is 572. The third kappa shape index (κ3) is 3.20. The normalized spacial score (nSPS) is 18.5. The molecule has 22 heavy (non-hydrogen) atoms. The minimum Gasteiger partial charge on any atom is -0.340 e. The molecule has 0 spiro atoms. The second kappa shape index (κ2) is 6.75. The van der Waals surface area contributed by atoms with Crippen molar-refractivity contribution in [3.05, 3.63) is 71.8 Å². The summed E-state index contributed by atoms with van der Waals surface area (Å²) in [7, 11) is 0. The third-order valence-electron chi connectivity index (χ3n) is 4.28. The average molecular weight is 294 g/mol. The Morgan fingerprint density at radius 2 is 1.55 bits per heavy atom. The van der Waals surface area contributed by atoms with Crippen LogP contribution in [0.2, 0.25) is 0 Å². The van der Waals surface area contributed by atoms with E-state index in [1.807, 2.05) is 65.6 Å². The highest BCUT2D eigenvalue weighted by molar-refractivity contribution is 5.87. The molecule has 0 saturated carbocycles. The molecule has 3 rings (SSSR count). The van der Waals surface area contributed by atoms with E-state index in [0.29, 0.717) is 6.54 Å². The van der Waals surface area contributed by atoms with Crippen molar-refractivity contribution in [3.63, 3.8) is 0 Å². The molecule has 114 valence electrons. The number of carbonyl (C=O) groups excluding carboxylic acids is 1. The fraction of sp³-hybridized carbons (Fsp3) is 0.316. The van der Waals surface area contributed by atoms with E-state index in [2.05, 4.69) is 0 Å². The van der Waals surface area contributed by atoms with Crippen molar-refractivity contribution in [1.29, 1.82) is 0 Å². The van der Waals surface area contributed by atoms with Gasteiger partial charge in [-0.15, -0.1) is 0 Å². The first-order chi connectivity index (χ1) is 10.8. The summed E-state index contributed by atoms with van der Waals surface area (Å²) < 4.78 is 0. The van der Waals surface area contributed by atoms with Gasteiger partial charge in [-0.1, -0.05) is 60.7 Å². The molecule has 1 fully saturated rings. The molecule has 1 saturated heterocycles. The third-order valence-corrected chi connectivity index (χ3v) is 4.28. The number of amides is 1. The number of piperidine rings is 1. The Labute approximate surface area is 131 Å². The lowest BCUT2D eigenvalue weighted by Gasteiger charge is -2.33. The molecule has 2 aromatic rings. The van der Waals surface area contributed by atoms with Crippen LogP contribution in [-0.2, 0) is 4.79 Å². The van der Waals surface area contributed by atoms with Gasteiger partial charge in [-0.2, -0.15) is 0 Å². The Hall–Kier alpha value is -2.13. The van der Waals surface area contributed by atoms with Crippen molar-refractivity contribution in [2.45, 2.75) is 24.8 Å². The molecule has 0 bridgehead atoms. The number of carbonyl (C=O) groups is 1. The first-order valence-corrected chi connectivity index (χ1v) is 7.90. The first kappa shape index (κ1) is 14.8. The molecule has 2 N–H and O–H groups in total. The molecule has 1 heterocycles. The largest absolute Gasteiger partial charge is 0.340 e. The SMILES string of the molecule is NC1CCCN(C(=O)C(c2ccccc2)c2ccccc2)C1. The Balaban J connectivity index is 1.93. The second-order valence-corrected chi connectivity index (χ2v) is 5.94. The Kier molecular flexibility index (Phi) is 4.54. The quantitative estimate of drug-likeness (QED) is 0.946. The molecule has 0 radical (unpaired) electrons. The molecule has 3 nitrogen and oxygen atoms in total. The van der Waals surface area contributed by atoms with Crippen LogP contribution in [0.25, 0.3) is 0 Å². The minimum absolute atomic E-state index is 0.102. The lowest BCUT2D eigenvalue weighted by molar-refractivity contribution is -0.133. The predicted octanol–water partition coefficient (Wildman–Crippen LogP) is 2.77. The lowest BCUT2D eigenvalue weighted by atomic mass is 9.89. The van der Waals surface area contributed by atoms with E-state index in [1.54, 1.807) is 0 Å². The number of nitrogens with two attached hydrogens (primary N) is 1. The molecule has 3 heteroatoms. The van der Waals surface area contributed by atoms with E-state index in [4.69, 9.17) is 5.73 Å². The zero-order valence-electron chi connectivity index (χ0n) is 12.7. The Morgan fingerprint density at radius 1 is 1.00 bits per heavy atom. The average Bonchev–Trinajstić information content (AvgIpc) is 2.57. The van der Waals surface area contributed by atoms with Crippen LogP contribution in [0.15, 0.2) is 60.7 Å². The summed E-state index contributed by atoms with van der Waals surface area (Å²) in [5, 5.41) is 0. The van der Waals surface area contributed by atoms with E-state index >= 15 is 0 Å². The molecule has 1 aliphatic heterocycles. The molecular formula is C19H22N2O. The molecule has 0 aromatic heterocycles. The summed E-state index contributed by atoms with van der Waals surface area (Å²) >= 11 is 0. The summed E-state index contributed by atoms with van der Waals surface area (Å²) in [4.78, 5) is 15.0. The smallest absolute Gasteiger partial charge is 0.234 e. The highest BCUT2D eigenvalue weighted by Gasteiger charge is 2.29. The van der Waals surface area contributed by atoms with Gasteiger partial charge in [-0.05, 0) is 24.0 Å². The van der Waals surface area contributed by atoms with Gasteiger partial charge in [0.1, 0.15) is 0 Å². The number of nitrogens with zero attached hydrogens (tertiary/aromatic N) is 1. The molecule has 1 amide bonds. The molecular weight excluding hydrogens is 272 g/mol. The lowest BCUT2D eigenvalue weighted by Crippen LogP contribution is -2.47. The van der Waals surface area contributed by atoms with Crippen molar-refractivity contribution < 1.29 is 4.79 Å². The van der Waals surface area contributed by atoms with Gasteiger partial charge in [0.25, 0.3) is 0 Å². The van der Waals surface area contributed by atoms with Crippen LogP contribution < -0.4 is 5.73 Å². The summed E-state index contributed by atoms with van der Waals surface area (Å²) in [5.74, 6) is -0.0831. The maximum atomic E-state index is 13.1. The van der Waals surface area contributed by atoms with Crippen molar-refractivity contribution in [3.8, 4) is 0 Å². The van der Waals surface area contributed by atoms with Gasteiger partial charge in [0, 0.05) is 19.1 Å². The number of hydrogen-bond donors (Lipinski definition) is 1. The van der Waals surface area contributed by atoms with Crippen LogP contribution in [0.4, 0.5) is 0 Å². The van der Waals surface area contributed by atoms with E-state index in [1.165, 1.54) is 0 Å². The van der Waals surface area contributed by atoms with Crippen molar-refractivity contribution in [1.82, 2.24) is 4.90 Å². The molecule has 2 aromatic carbocycles. The summed E-state index contributed by atoms with van der Waals surface area (Å²) in [6.45, 7) is 1.47. The number of rotatable bonds is 3. The highest BCUT2D eigenvalue weighted by Crippen LogP contribution is 2.27. The summed E-state index contributed by atoms with van der Waals surface area (Å²) in [5.41, 5.74) is 8.13. The number of benzene rings is 2. The van der Waals surface area contributed by atoms with Gasteiger partial charge in [0.2, 0.25) is 5.91 Å². The van der Waals surface area contributed by atoms with E-state index < -0.39 is 0 Å². The van der Waals surface area contributed by atoms with Gasteiger partial charge in [0.05, 0.1) is 5.92 Å². The van der Waals surface area contributed by atoms with Crippen molar-refractivity contribution in [2.75, 3.05) is 13.1 Å². The summed E-state index contributed by atoms with van der Waals surface area (Å²) in [6, 6.07) is 20.1. The van der Waals surface area contributed by atoms with Crippen LogP contribution in [0, 0.1) is 0 Å². The second-order valence-electron chi connectivity index (χ2n) is 5.94. The molecule has 1 unspecified atom stereocenters. The van der Waals surface area contributed by atoms with Gasteiger partial charge in [-0.25, -0.2) is 0 Å². The van der Waals surface area contributed by atoms with Crippen LogP contribution in [-0.4, -0.2) is 29.9 Å². The standard InChI is InChI=1S/C19H22N2O/c20-17-12-7-13-21(14-17)19(22)18(15-8-3-1-4-9-15)16-10-5-2-6-11-16/h1-6,8-11,17-18H,7,12-14,20H2. The van der Waals surface area contributed by atoms with Crippen LogP contribution in [0.3, 0.4) is 0 Å². The zero-order chi connectivity index (χ0) is 15.4. The summed E-state index contributed by atoms with van der Waals surface area (Å²) in [6.07, 6.45) is 1.99. The maximum absolute atomic E-state index is 13.1. The van der Waals surface area contributed by atoms with E-state index in [-0.39, 0.29) is 17.9 Å². The van der Waals surface area contributed by atoms with Gasteiger partial charge in [-0.3, -0.25) is 4.79 Å². The minimum atomic E-state index is -0.243. The monoisotopic (exact) mass is 294 g/mol. The molecule has 0 aliphatic carbocycles. The van der Waals surface area contributed by atoms with Crippen LogP contribution in [0.5, 0.6) is 0 Å². The molecule has 1 aliphatic rings. The number of hydrogen-bond acceptors (Lipinski definition) is 2. The fourth-order valence-electron chi connectivity index (χ4n) is 3.16. The van der Waals surface area contributed by atoms with Crippen LogP contribution >= 0.6 is 0 Å².